The fraction of sp³-hybridized carbons (Fsp3) is 0.273. The van der Waals surface area contributed by atoms with E-state index < -0.39 is 11.7 Å². The van der Waals surface area contributed by atoms with Gasteiger partial charge in [-0.25, -0.2) is 9.82 Å². The number of carbonyl (C=O) groups excluding carboxylic acids is 1. The second kappa shape index (κ2) is 7.35. The molecule has 0 unspecified atom stereocenters. The number of nitrogens with one attached hydrogen (secondary N) is 1. The van der Waals surface area contributed by atoms with Crippen LogP contribution in [0.4, 0.5) is 10.1 Å². The maximum atomic E-state index is 13.6. The van der Waals surface area contributed by atoms with Crippen LogP contribution in [0.5, 0.6) is 0 Å². The van der Waals surface area contributed by atoms with Crippen LogP contribution in [-0.2, 0) is 0 Å². The number of nitrogens with zero attached hydrogens (tertiary/aromatic N) is 2. The normalized spacial score (nSPS) is 15.4. The van der Waals surface area contributed by atoms with Crippen molar-refractivity contribution < 1.29 is 9.18 Å². The lowest BCUT2D eigenvalue weighted by Crippen LogP contribution is -2.44. The molecule has 0 aromatic heterocycles. The Morgan fingerprint density at radius 2 is 2.00 bits per heavy atom. The minimum absolute atomic E-state index is 0.0281. The third-order valence-corrected chi connectivity index (χ3v) is 4.82. The second-order valence-electron chi connectivity index (χ2n) is 7.18. The molecule has 1 heterocycles. The molecule has 0 saturated carbocycles. The molecule has 140 valence electrons. The van der Waals surface area contributed by atoms with E-state index in [9.17, 15) is 9.18 Å². The van der Waals surface area contributed by atoms with Gasteiger partial charge in [0.05, 0.1) is 17.3 Å². The molecule has 4 nitrogen and oxygen atoms in total. The predicted molar refractivity (Wildman–Crippen MR) is 109 cm³/mol. The van der Waals surface area contributed by atoms with Gasteiger partial charge in [-0.05, 0) is 63.1 Å². The third kappa shape index (κ3) is 3.77. The summed E-state index contributed by atoms with van der Waals surface area (Å²) in [6.07, 6.45) is 3.84. The first-order valence-corrected chi connectivity index (χ1v) is 9.03. The standard InChI is InChI=1S/C22H24FN3O/c1-5-26-20-11-10-16(12-18(20)15(2)13-22(26,3)4)14-24-25-21(27)17-8-6-7-9-19(17)23/h6-14H,5H2,1-4H3,(H,25,27)/b24-14-. The molecule has 0 fully saturated rings. The van der Waals surface area contributed by atoms with Crippen LogP contribution in [0.15, 0.2) is 53.6 Å². The van der Waals surface area contributed by atoms with Crippen molar-refractivity contribution in [2.24, 2.45) is 5.10 Å². The first-order valence-electron chi connectivity index (χ1n) is 9.03. The highest BCUT2D eigenvalue weighted by molar-refractivity contribution is 5.95. The summed E-state index contributed by atoms with van der Waals surface area (Å²) < 4.78 is 13.6. The van der Waals surface area contributed by atoms with E-state index in [0.29, 0.717) is 0 Å². The number of benzene rings is 2. The summed E-state index contributed by atoms with van der Waals surface area (Å²) in [7, 11) is 0. The molecule has 5 heteroatoms. The van der Waals surface area contributed by atoms with E-state index in [1.54, 1.807) is 18.3 Å². The van der Waals surface area contributed by atoms with E-state index in [4.69, 9.17) is 0 Å². The van der Waals surface area contributed by atoms with Gasteiger partial charge in [-0.3, -0.25) is 4.79 Å². The van der Waals surface area contributed by atoms with Gasteiger partial charge in [-0.1, -0.05) is 24.3 Å². The highest BCUT2D eigenvalue weighted by Gasteiger charge is 2.29. The van der Waals surface area contributed by atoms with E-state index in [1.165, 1.54) is 23.4 Å². The largest absolute Gasteiger partial charge is 0.363 e. The van der Waals surface area contributed by atoms with Gasteiger partial charge >= 0.3 is 0 Å². The van der Waals surface area contributed by atoms with Crippen LogP contribution in [0.2, 0.25) is 0 Å². The lowest BCUT2D eigenvalue weighted by atomic mass is 9.88. The molecule has 0 spiro atoms. The number of halogens is 1. The quantitative estimate of drug-likeness (QED) is 0.635. The molecule has 0 radical (unpaired) electrons. The number of fused-ring (bicyclic) bond motifs is 1. The molecule has 1 N–H and O–H groups in total. The predicted octanol–water partition coefficient (Wildman–Crippen LogP) is 4.61. The van der Waals surface area contributed by atoms with Crippen LogP contribution in [-0.4, -0.2) is 24.2 Å². The van der Waals surface area contributed by atoms with Gasteiger partial charge < -0.3 is 4.90 Å². The summed E-state index contributed by atoms with van der Waals surface area (Å²) in [4.78, 5) is 14.4. The van der Waals surface area contributed by atoms with E-state index in [0.717, 1.165) is 17.7 Å². The smallest absolute Gasteiger partial charge is 0.274 e. The number of likely N-dealkylation sites (N-methyl/N-ethyl adjacent to an activating group) is 1. The SMILES string of the molecule is CCN1c2ccc(/C=N\NC(=O)c3ccccc3F)cc2C(C)=CC1(C)C. The van der Waals surface area contributed by atoms with E-state index in [1.807, 2.05) is 6.07 Å². The van der Waals surface area contributed by atoms with Crippen molar-refractivity contribution in [3.05, 3.63) is 71.0 Å². The first-order chi connectivity index (χ1) is 12.8. The Kier molecular flexibility index (Phi) is 5.13. The van der Waals surface area contributed by atoms with Gasteiger partial charge in [0.1, 0.15) is 5.82 Å². The number of amides is 1. The van der Waals surface area contributed by atoms with Gasteiger partial charge in [0.25, 0.3) is 5.91 Å². The van der Waals surface area contributed by atoms with Crippen LogP contribution >= 0.6 is 0 Å². The summed E-state index contributed by atoms with van der Waals surface area (Å²) in [6, 6.07) is 11.9. The monoisotopic (exact) mass is 365 g/mol. The van der Waals surface area contributed by atoms with Crippen molar-refractivity contribution in [1.82, 2.24) is 5.43 Å². The molecular formula is C22H24FN3O. The maximum Gasteiger partial charge on any atom is 0.274 e. The summed E-state index contributed by atoms with van der Waals surface area (Å²) in [6.45, 7) is 9.57. The van der Waals surface area contributed by atoms with Crippen LogP contribution in [0, 0.1) is 5.82 Å². The highest BCUT2D eigenvalue weighted by Crippen LogP contribution is 2.38. The Morgan fingerprint density at radius 1 is 1.26 bits per heavy atom. The zero-order valence-electron chi connectivity index (χ0n) is 16.1. The molecule has 1 aliphatic rings. The van der Waals surface area contributed by atoms with Crippen molar-refractivity contribution >= 4 is 23.4 Å². The molecule has 0 bridgehead atoms. The van der Waals surface area contributed by atoms with Crippen LogP contribution in [0.1, 0.15) is 49.2 Å². The summed E-state index contributed by atoms with van der Waals surface area (Å²) in [5, 5.41) is 3.98. The van der Waals surface area contributed by atoms with Crippen molar-refractivity contribution in [2.75, 3.05) is 11.4 Å². The van der Waals surface area contributed by atoms with Gasteiger partial charge in [-0.2, -0.15) is 5.10 Å². The van der Waals surface area contributed by atoms with Crippen molar-refractivity contribution in [1.29, 1.82) is 0 Å². The van der Waals surface area contributed by atoms with Crippen molar-refractivity contribution in [2.45, 2.75) is 33.2 Å². The minimum Gasteiger partial charge on any atom is -0.363 e. The van der Waals surface area contributed by atoms with Crippen molar-refractivity contribution in [3.63, 3.8) is 0 Å². The van der Waals surface area contributed by atoms with Gasteiger partial charge in [-0.15, -0.1) is 0 Å². The van der Waals surface area contributed by atoms with E-state index in [2.05, 4.69) is 61.3 Å². The van der Waals surface area contributed by atoms with Crippen molar-refractivity contribution in [3.8, 4) is 0 Å². The topological polar surface area (TPSA) is 44.7 Å². The average molecular weight is 365 g/mol. The van der Waals surface area contributed by atoms with Crippen LogP contribution in [0.3, 0.4) is 0 Å². The zero-order valence-corrected chi connectivity index (χ0v) is 16.1. The second-order valence-corrected chi connectivity index (χ2v) is 7.18. The van der Waals surface area contributed by atoms with Gasteiger partial charge in [0.2, 0.25) is 0 Å². The van der Waals surface area contributed by atoms with Crippen LogP contribution < -0.4 is 10.3 Å². The molecule has 27 heavy (non-hydrogen) atoms. The molecule has 3 rings (SSSR count). The summed E-state index contributed by atoms with van der Waals surface area (Å²) in [5.74, 6) is -1.14. The number of hydrogen-bond donors (Lipinski definition) is 1. The maximum absolute atomic E-state index is 13.6. The van der Waals surface area contributed by atoms with E-state index in [-0.39, 0.29) is 11.1 Å². The lowest BCUT2D eigenvalue weighted by molar-refractivity contribution is 0.0951. The Balaban J connectivity index is 1.80. The number of carbonyl (C=O) groups is 1. The Hall–Kier alpha value is -2.95. The number of anilines is 1. The van der Waals surface area contributed by atoms with Gasteiger partial charge in [0.15, 0.2) is 0 Å². The molecule has 2 aromatic rings. The third-order valence-electron chi connectivity index (χ3n) is 4.82. The number of hydrogen-bond acceptors (Lipinski definition) is 3. The Morgan fingerprint density at radius 3 is 2.70 bits per heavy atom. The Bertz CT molecular complexity index is 931. The summed E-state index contributed by atoms with van der Waals surface area (Å²) in [5.41, 5.74) is 6.74. The lowest BCUT2D eigenvalue weighted by Gasteiger charge is -2.42. The highest BCUT2D eigenvalue weighted by atomic mass is 19.1. The molecule has 0 saturated heterocycles. The Labute approximate surface area is 159 Å². The number of allylic oxidation sites excluding steroid dienone is 1. The number of hydrazone groups is 1. The molecule has 1 amide bonds. The number of rotatable bonds is 4. The molecule has 0 atom stereocenters. The average Bonchev–Trinajstić information content (AvgIpc) is 2.62. The molecule has 1 aliphatic heterocycles. The fourth-order valence-corrected chi connectivity index (χ4v) is 3.63. The van der Waals surface area contributed by atoms with E-state index >= 15 is 0 Å². The van der Waals surface area contributed by atoms with Crippen LogP contribution in [0.25, 0.3) is 5.57 Å². The zero-order chi connectivity index (χ0) is 19.6. The fourth-order valence-electron chi connectivity index (χ4n) is 3.63. The first kappa shape index (κ1) is 18.8. The summed E-state index contributed by atoms with van der Waals surface area (Å²) >= 11 is 0. The molecule has 2 aromatic carbocycles. The van der Waals surface area contributed by atoms with Gasteiger partial charge in [0, 0.05) is 17.8 Å². The molecular weight excluding hydrogens is 341 g/mol. The molecule has 0 aliphatic carbocycles. The minimum atomic E-state index is -0.572.